The average Bonchev–Trinajstić information content (AvgIpc) is 3.37. The Hall–Kier alpha value is -1.16. The Bertz CT molecular complexity index is 720. The largest absolute Gasteiger partial charge is 0.481 e. The van der Waals surface area contributed by atoms with Crippen LogP contribution in [0.25, 0.3) is 0 Å². The lowest BCUT2D eigenvalue weighted by Crippen LogP contribution is -2.65. The Balaban J connectivity index is 1.81. The summed E-state index contributed by atoms with van der Waals surface area (Å²) in [4.78, 5) is 26.1. The van der Waals surface area contributed by atoms with Crippen molar-refractivity contribution in [1.29, 1.82) is 0 Å². The minimum Gasteiger partial charge on any atom is -0.481 e. The van der Waals surface area contributed by atoms with Gasteiger partial charge < -0.3 is 14.6 Å². The minimum atomic E-state index is -1.07. The molecule has 4 fully saturated rings. The Morgan fingerprint density at radius 2 is 2.07 bits per heavy atom. The molecule has 5 aliphatic rings. The van der Waals surface area contributed by atoms with Gasteiger partial charge in [0.15, 0.2) is 0 Å². The van der Waals surface area contributed by atoms with Crippen LogP contribution in [0.3, 0.4) is 0 Å². The van der Waals surface area contributed by atoms with Crippen LogP contribution in [0.1, 0.15) is 59.3 Å². The van der Waals surface area contributed by atoms with Gasteiger partial charge in [0, 0.05) is 12.0 Å². The molecule has 1 saturated heterocycles. The van der Waals surface area contributed by atoms with E-state index in [1.165, 1.54) is 0 Å². The third-order valence-electron chi connectivity index (χ3n) is 9.50. The van der Waals surface area contributed by atoms with Crippen LogP contribution in [0.5, 0.6) is 0 Å². The zero-order valence-corrected chi connectivity index (χ0v) is 16.7. The van der Waals surface area contributed by atoms with Crippen molar-refractivity contribution < 1.29 is 19.4 Å². The van der Waals surface area contributed by atoms with Crippen LogP contribution in [0.4, 0.5) is 0 Å². The number of hydrogen-bond acceptors (Lipinski definition) is 3. The van der Waals surface area contributed by atoms with E-state index in [0.717, 1.165) is 50.6 Å². The van der Waals surface area contributed by atoms with Gasteiger partial charge in [-0.25, -0.2) is 0 Å². The lowest BCUT2D eigenvalue weighted by atomic mass is 9.41. The van der Waals surface area contributed by atoms with E-state index in [1.807, 2.05) is 0 Å². The van der Waals surface area contributed by atoms with E-state index in [1.54, 1.807) is 0 Å². The van der Waals surface area contributed by atoms with Crippen LogP contribution in [-0.2, 0) is 14.3 Å². The highest BCUT2D eigenvalue weighted by molar-refractivity contribution is 5.90. The summed E-state index contributed by atoms with van der Waals surface area (Å²) in [6.45, 7) is 7.24. The second-order valence-corrected chi connectivity index (χ2v) is 10.4. The molecule has 0 spiro atoms. The summed E-state index contributed by atoms with van der Waals surface area (Å²) in [5.41, 5.74) is -1.24. The summed E-state index contributed by atoms with van der Waals surface area (Å²) in [7, 11) is 0. The fourth-order valence-electron chi connectivity index (χ4n) is 8.84. The molecule has 8 atom stereocenters. The lowest BCUT2D eigenvalue weighted by Gasteiger charge is -2.59. The molecule has 0 aromatic carbocycles. The van der Waals surface area contributed by atoms with E-state index in [-0.39, 0.29) is 23.9 Å². The number of allylic oxidation sites excluding steroid dienone is 1. The van der Waals surface area contributed by atoms with Gasteiger partial charge in [-0.1, -0.05) is 38.8 Å². The summed E-state index contributed by atoms with van der Waals surface area (Å²) in [6, 6.07) is 0. The van der Waals surface area contributed by atoms with Gasteiger partial charge in [0.1, 0.15) is 11.7 Å². The fraction of sp³-hybridized carbons (Fsp3) is 0.826. The number of ether oxygens (including phenoxy) is 1. The smallest absolute Gasteiger partial charge is 0.315 e. The van der Waals surface area contributed by atoms with Crippen molar-refractivity contribution in [2.24, 2.45) is 45.8 Å². The predicted molar refractivity (Wildman–Crippen MR) is 101 cm³/mol. The number of carbonyl (C=O) groups is 2. The number of aldehydes is 1. The van der Waals surface area contributed by atoms with E-state index in [4.69, 9.17) is 4.74 Å². The molecule has 0 amide bonds. The van der Waals surface area contributed by atoms with Crippen LogP contribution in [0, 0.1) is 45.8 Å². The molecule has 1 aliphatic heterocycles. The summed E-state index contributed by atoms with van der Waals surface area (Å²) in [6.07, 6.45) is 9.04. The molecule has 0 aromatic rings. The van der Waals surface area contributed by atoms with Gasteiger partial charge in [-0.15, -0.1) is 0 Å². The van der Waals surface area contributed by atoms with Gasteiger partial charge in [0.05, 0.1) is 11.5 Å². The number of aliphatic carboxylic acids is 1. The first-order valence-electron chi connectivity index (χ1n) is 10.9. The predicted octanol–water partition coefficient (Wildman–Crippen LogP) is 4.09. The van der Waals surface area contributed by atoms with Crippen molar-refractivity contribution in [1.82, 2.24) is 0 Å². The van der Waals surface area contributed by atoms with Crippen molar-refractivity contribution in [2.45, 2.75) is 65.4 Å². The second kappa shape index (κ2) is 5.46. The molecule has 27 heavy (non-hydrogen) atoms. The van der Waals surface area contributed by atoms with Crippen LogP contribution < -0.4 is 0 Å². The van der Waals surface area contributed by atoms with Crippen molar-refractivity contribution in [3.8, 4) is 0 Å². The van der Waals surface area contributed by atoms with E-state index in [9.17, 15) is 14.7 Å². The summed E-state index contributed by atoms with van der Waals surface area (Å²) < 4.78 is 6.26. The number of fused-ring (bicyclic) bond motifs is 2. The van der Waals surface area contributed by atoms with Gasteiger partial charge in [0.25, 0.3) is 0 Å². The van der Waals surface area contributed by atoms with Crippen LogP contribution >= 0.6 is 0 Å². The highest BCUT2D eigenvalue weighted by Crippen LogP contribution is 2.84. The van der Waals surface area contributed by atoms with E-state index in [0.29, 0.717) is 18.3 Å². The first-order chi connectivity index (χ1) is 12.9. The molecule has 1 heterocycles. The van der Waals surface area contributed by atoms with E-state index < -0.39 is 22.2 Å². The molecule has 1 N–H and O–H groups in total. The first-order valence-corrected chi connectivity index (χ1v) is 10.9. The molecule has 3 saturated carbocycles. The molecule has 5 rings (SSSR count). The monoisotopic (exact) mass is 372 g/mol. The number of carboxylic acids is 1. The van der Waals surface area contributed by atoms with E-state index >= 15 is 0 Å². The van der Waals surface area contributed by atoms with Crippen molar-refractivity contribution in [2.75, 3.05) is 6.61 Å². The number of carbonyl (C=O) groups excluding carboxylic acids is 1. The number of carboxylic acid groups (broad SMARTS) is 1. The van der Waals surface area contributed by atoms with Gasteiger partial charge >= 0.3 is 5.97 Å². The maximum Gasteiger partial charge on any atom is 0.315 e. The first kappa shape index (κ1) is 17.9. The maximum absolute atomic E-state index is 13.3. The Kier molecular flexibility index (Phi) is 3.62. The molecule has 4 aliphatic carbocycles. The lowest BCUT2D eigenvalue weighted by molar-refractivity contribution is -0.194. The highest BCUT2D eigenvalue weighted by Gasteiger charge is 2.85. The Labute approximate surface area is 161 Å². The zero-order valence-electron chi connectivity index (χ0n) is 16.7. The maximum atomic E-state index is 13.3. The average molecular weight is 373 g/mol. The van der Waals surface area contributed by atoms with Crippen molar-refractivity contribution in [3.63, 3.8) is 0 Å². The van der Waals surface area contributed by atoms with E-state index in [2.05, 4.69) is 26.8 Å². The standard InChI is InChI=1S/C23H32O4/c1-13(2)18-9-15-10-21(12-24)17-7-6-14(3)16(17)11-22(15,19-5-4-8-27-19)23(18,21)20(25)26/h9,12-17,19H,4-8,10-11H2,1-3H3,(H,25,26)/t14-,15?,16-,17-,19?,21?,22?,23?/m1/s1. The third kappa shape index (κ3) is 1.68. The van der Waals surface area contributed by atoms with Crippen LogP contribution in [0.15, 0.2) is 11.6 Å². The van der Waals surface area contributed by atoms with Crippen molar-refractivity contribution >= 4 is 12.3 Å². The number of hydrogen-bond donors (Lipinski definition) is 1. The van der Waals surface area contributed by atoms with Gasteiger partial charge in [-0.3, -0.25) is 4.79 Å². The fourth-order valence-corrected chi connectivity index (χ4v) is 8.84. The normalized spacial score (nSPS) is 52.9. The number of rotatable bonds is 4. The molecule has 5 unspecified atom stereocenters. The topological polar surface area (TPSA) is 63.6 Å². The van der Waals surface area contributed by atoms with Crippen LogP contribution in [0.2, 0.25) is 0 Å². The summed E-state index contributed by atoms with van der Waals surface area (Å²) in [5.74, 6) is 0.781. The van der Waals surface area contributed by atoms with Gasteiger partial charge in [-0.2, -0.15) is 0 Å². The Morgan fingerprint density at radius 3 is 2.67 bits per heavy atom. The van der Waals surface area contributed by atoms with Crippen molar-refractivity contribution in [3.05, 3.63) is 11.6 Å². The molecule has 4 nitrogen and oxygen atoms in total. The third-order valence-corrected chi connectivity index (χ3v) is 9.50. The molecule has 0 aromatic heterocycles. The second-order valence-electron chi connectivity index (χ2n) is 10.4. The van der Waals surface area contributed by atoms with Crippen LogP contribution in [-0.4, -0.2) is 30.1 Å². The molecule has 148 valence electrons. The molecular formula is C23H32O4. The zero-order chi connectivity index (χ0) is 19.2. The summed E-state index contributed by atoms with van der Waals surface area (Å²) >= 11 is 0. The molecule has 4 bridgehead atoms. The van der Waals surface area contributed by atoms with Gasteiger partial charge in [0.2, 0.25) is 0 Å². The minimum absolute atomic E-state index is 0.0262. The highest BCUT2D eigenvalue weighted by atomic mass is 16.5. The molecule has 0 radical (unpaired) electrons. The van der Waals surface area contributed by atoms with Gasteiger partial charge in [-0.05, 0) is 61.7 Å². The molecule has 4 heteroatoms. The molecular weight excluding hydrogens is 340 g/mol. The Morgan fingerprint density at radius 1 is 1.30 bits per heavy atom. The quantitative estimate of drug-likeness (QED) is 0.596. The summed E-state index contributed by atoms with van der Waals surface area (Å²) in [5, 5.41) is 10.9. The SMILES string of the molecule is CC(C)C1=CC2CC3(C=O)[C@@H]4CC[C@@H](C)[C@H]4CC2(C2CCCO2)C13C(=O)O.